The highest BCUT2D eigenvalue weighted by atomic mass is 32.2. The number of aromatic nitrogens is 3. The van der Waals surface area contributed by atoms with Crippen LogP contribution in [0.2, 0.25) is 0 Å². The second kappa shape index (κ2) is 13.6. The Kier molecular flexibility index (Phi) is 9.04. The van der Waals surface area contributed by atoms with Gasteiger partial charge >= 0.3 is 0 Å². The van der Waals surface area contributed by atoms with E-state index >= 15 is 0 Å². The quantitative estimate of drug-likeness (QED) is 0.146. The van der Waals surface area contributed by atoms with Crippen LogP contribution in [-0.4, -0.2) is 90.0 Å². The molecule has 55 heavy (non-hydrogen) atoms. The average Bonchev–Trinajstić information content (AvgIpc) is 3.88. The van der Waals surface area contributed by atoms with Gasteiger partial charge in [0.2, 0.25) is 5.91 Å². The number of carbonyl (C=O) groups is 2. The second-order valence-corrected chi connectivity index (χ2v) is 16.5. The summed E-state index contributed by atoms with van der Waals surface area (Å²) in [6.07, 6.45) is 1.42. The summed E-state index contributed by atoms with van der Waals surface area (Å²) in [7, 11) is 0.424. The van der Waals surface area contributed by atoms with Crippen LogP contribution in [0.25, 0.3) is 11.3 Å². The third-order valence-electron chi connectivity index (χ3n) is 11.0. The number of aryl methyl sites for hydroxylation is 1. The monoisotopic (exact) mass is 780 g/mol. The molecule has 0 bridgehead atoms. The van der Waals surface area contributed by atoms with Gasteiger partial charge in [0.1, 0.15) is 35.2 Å². The van der Waals surface area contributed by atoms with Crippen LogP contribution in [0.4, 0.5) is 5.69 Å². The van der Waals surface area contributed by atoms with Gasteiger partial charge in [-0.2, -0.15) is 0 Å². The first kappa shape index (κ1) is 36.4. The molecule has 0 aliphatic carbocycles. The Morgan fingerprint density at radius 1 is 0.873 bits per heavy atom. The number of nitrogens with zero attached hydrogens (tertiary/aromatic N) is 6. The Hall–Kier alpha value is -5.54. The third-order valence-corrected chi connectivity index (χ3v) is 13.3. The van der Waals surface area contributed by atoms with E-state index in [9.17, 15) is 18.0 Å². The van der Waals surface area contributed by atoms with Crippen LogP contribution >= 0.6 is 12.6 Å². The van der Waals surface area contributed by atoms with Crippen molar-refractivity contribution in [1.29, 1.82) is 0 Å². The average molecular weight is 781 g/mol. The summed E-state index contributed by atoms with van der Waals surface area (Å²) in [4.78, 5) is 29.6. The van der Waals surface area contributed by atoms with E-state index in [2.05, 4.69) is 10.3 Å². The predicted molar refractivity (Wildman–Crippen MR) is 208 cm³/mol. The maximum atomic E-state index is 15.0. The van der Waals surface area contributed by atoms with E-state index in [1.807, 2.05) is 54.7 Å². The van der Waals surface area contributed by atoms with Gasteiger partial charge in [-0.3, -0.25) is 19.2 Å². The van der Waals surface area contributed by atoms with Gasteiger partial charge in [-0.1, -0.05) is 35.5 Å². The molecule has 2 saturated heterocycles. The van der Waals surface area contributed by atoms with Crippen LogP contribution < -0.4 is 18.5 Å². The molecule has 13 nitrogen and oxygen atoms in total. The molecule has 0 radical (unpaired) electrons. The van der Waals surface area contributed by atoms with E-state index in [4.69, 9.17) is 26.8 Å². The molecule has 2 amide bonds. The summed E-state index contributed by atoms with van der Waals surface area (Å²) in [5.74, 6) is 1.11. The van der Waals surface area contributed by atoms with Crippen LogP contribution in [0.15, 0.2) is 108 Å². The minimum Gasteiger partial charge on any atom is -0.497 e. The number of amides is 2. The number of benzene rings is 4. The molecule has 8 rings (SSSR count). The molecule has 4 atom stereocenters. The highest BCUT2D eigenvalue weighted by Gasteiger charge is 2.73. The number of hydrogen-bond acceptors (Lipinski definition) is 10. The summed E-state index contributed by atoms with van der Waals surface area (Å²) in [5.41, 5.74) is 2.37. The normalized spacial score (nSPS) is 23.0. The molecule has 5 aromatic rings. The highest BCUT2D eigenvalue weighted by molar-refractivity contribution is 7.93. The number of methoxy groups -OCH3 is 2. The van der Waals surface area contributed by atoms with Gasteiger partial charge in [0.25, 0.3) is 15.9 Å². The number of likely N-dealkylation sites (N-methyl/N-ethyl adjacent to an activating group) is 1. The third kappa shape index (κ3) is 5.70. The molecule has 284 valence electrons. The zero-order chi connectivity index (χ0) is 38.7. The summed E-state index contributed by atoms with van der Waals surface area (Å²) in [6.45, 7) is 2.57. The van der Waals surface area contributed by atoms with E-state index in [1.165, 1.54) is 26.2 Å². The van der Waals surface area contributed by atoms with Crippen molar-refractivity contribution in [2.45, 2.75) is 53.7 Å². The lowest BCUT2D eigenvalue weighted by Crippen LogP contribution is -2.69. The Balaban J connectivity index is 1.07. The lowest BCUT2D eigenvalue weighted by molar-refractivity contribution is -0.160. The fraction of sp³-hybridized carbons (Fsp3) is 0.300. The van der Waals surface area contributed by atoms with E-state index in [1.54, 1.807) is 69.3 Å². The Morgan fingerprint density at radius 3 is 2.18 bits per heavy atom. The SMILES string of the molecule is COc1ccc(-c2cn(CCCOc3ccc(S(=O)(=O)N4c5ccccc5[C@@]5(c6ccc(OC)cc6)C[C@]6(S)C(=O)N(C)[C@@H](C)C(=O)N6[C@@H]45)cc3)nn2)cc1. The zero-order valence-corrected chi connectivity index (χ0v) is 32.4. The van der Waals surface area contributed by atoms with Crippen molar-refractivity contribution in [2.24, 2.45) is 0 Å². The molecule has 4 aromatic carbocycles. The number of piperazine rings is 1. The van der Waals surface area contributed by atoms with Crippen molar-refractivity contribution in [3.8, 4) is 28.5 Å². The highest BCUT2D eigenvalue weighted by Crippen LogP contribution is 2.63. The number of anilines is 1. The minimum absolute atomic E-state index is 0.00600. The van der Waals surface area contributed by atoms with Crippen molar-refractivity contribution in [1.82, 2.24) is 24.8 Å². The summed E-state index contributed by atoms with van der Waals surface area (Å²) < 4.78 is 49.7. The number of thiol groups is 1. The van der Waals surface area contributed by atoms with Crippen molar-refractivity contribution in [3.63, 3.8) is 0 Å². The molecule has 1 aromatic heterocycles. The Morgan fingerprint density at radius 2 is 1.51 bits per heavy atom. The standard InChI is InChI=1S/C40H40N6O7S2/c1-26-36(47)45-37-39(25-40(45,54)38(48)43(26)2,28-12-16-30(52-4)17-13-28)33-8-5-6-9-35(33)46(37)55(49,50)32-20-18-31(19-21-32)53-23-7-22-44-24-34(41-42-44)27-10-14-29(51-3)15-11-27/h5-6,8-21,24,26,37,54H,7,22-23,25H2,1-4H3/t26-,37-,39-,40-/m0/s1. The Labute approximate surface area is 324 Å². The first-order valence-electron chi connectivity index (χ1n) is 17.8. The molecule has 0 N–H and O–H groups in total. The van der Waals surface area contributed by atoms with Crippen molar-refractivity contribution in [2.75, 3.05) is 32.2 Å². The molecular weight excluding hydrogens is 741 g/mol. The zero-order valence-electron chi connectivity index (χ0n) is 30.7. The molecule has 0 spiro atoms. The number of rotatable bonds is 11. The van der Waals surface area contributed by atoms with Gasteiger partial charge in [-0.05, 0) is 84.8 Å². The topological polar surface area (TPSA) is 136 Å². The van der Waals surface area contributed by atoms with Crippen LogP contribution in [0, 0.1) is 0 Å². The smallest absolute Gasteiger partial charge is 0.266 e. The molecule has 15 heteroatoms. The summed E-state index contributed by atoms with van der Waals surface area (Å²) in [5, 5.41) is 8.49. The fourth-order valence-corrected chi connectivity index (χ4v) is 10.4. The van der Waals surface area contributed by atoms with Crippen LogP contribution in [0.3, 0.4) is 0 Å². The van der Waals surface area contributed by atoms with Crippen molar-refractivity contribution in [3.05, 3.63) is 114 Å². The van der Waals surface area contributed by atoms with Gasteiger partial charge in [-0.25, -0.2) is 12.7 Å². The van der Waals surface area contributed by atoms with Gasteiger partial charge in [0, 0.05) is 32.0 Å². The lowest BCUT2D eigenvalue weighted by atomic mass is 9.72. The number of hydrogen-bond donors (Lipinski definition) is 1. The first-order valence-corrected chi connectivity index (χ1v) is 19.7. The molecule has 4 heterocycles. The second-order valence-electron chi connectivity index (χ2n) is 14.0. The molecule has 0 unspecified atom stereocenters. The molecule has 3 aliphatic heterocycles. The molecule has 0 saturated carbocycles. The van der Waals surface area contributed by atoms with E-state index in [0.29, 0.717) is 42.3 Å². The van der Waals surface area contributed by atoms with E-state index in [0.717, 1.165) is 22.6 Å². The Bertz CT molecular complexity index is 2370. The van der Waals surface area contributed by atoms with Crippen LogP contribution in [0.1, 0.15) is 30.9 Å². The maximum Gasteiger partial charge on any atom is 0.266 e. The van der Waals surface area contributed by atoms with Gasteiger partial charge in [-0.15, -0.1) is 17.7 Å². The molecular formula is C40H40N6O7S2. The number of sulfonamides is 1. The van der Waals surface area contributed by atoms with Crippen LogP contribution in [0.5, 0.6) is 17.2 Å². The van der Waals surface area contributed by atoms with Crippen molar-refractivity contribution >= 4 is 40.2 Å². The minimum atomic E-state index is -4.34. The number of para-hydroxylation sites is 1. The van der Waals surface area contributed by atoms with E-state index in [-0.39, 0.29) is 17.2 Å². The molecule has 2 fully saturated rings. The number of carbonyl (C=O) groups excluding carboxylic acids is 2. The van der Waals surface area contributed by atoms with Gasteiger partial charge < -0.3 is 19.1 Å². The number of ether oxygens (including phenoxy) is 3. The molecule has 3 aliphatic rings. The van der Waals surface area contributed by atoms with Gasteiger partial charge in [0.15, 0.2) is 4.87 Å². The maximum absolute atomic E-state index is 15.0. The van der Waals surface area contributed by atoms with E-state index < -0.39 is 38.4 Å². The van der Waals surface area contributed by atoms with Crippen LogP contribution in [-0.2, 0) is 31.6 Å². The number of fused-ring (bicyclic) bond motifs is 5. The van der Waals surface area contributed by atoms with Gasteiger partial charge in [0.05, 0.1) is 43.0 Å². The lowest BCUT2D eigenvalue weighted by Gasteiger charge is -2.47. The van der Waals surface area contributed by atoms with Crippen molar-refractivity contribution < 1.29 is 32.2 Å². The largest absolute Gasteiger partial charge is 0.497 e. The fourth-order valence-electron chi connectivity index (χ4n) is 8.10. The summed E-state index contributed by atoms with van der Waals surface area (Å²) in [6, 6.07) is 27.6. The summed E-state index contributed by atoms with van der Waals surface area (Å²) >= 11 is 4.97. The predicted octanol–water partition coefficient (Wildman–Crippen LogP) is 4.97. The first-order chi connectivity index (χ1) is 26.4.